The SMILES string of the molecule is COc1ccc(C)c2c3c(c(=O)[nH]c12)CNCC3. The second-order valence-corrected chi connectivity index (χ2v) is 4.67. The van der Waals surface area contributed by atoms with Gasteiger partial charge in [-0.05, 0) is 37.1 Å². The Morgan fingerprint density at radius 3 is 2.89 bits per heavy atom. The van der Waals surface area contributed by atoms with Crippen molar-refractivity contribution in [3.63, 3.8) is 0 Å². The van der Waals surface area contributed by atoms with Crippen LogP contribution in [-0.2, 0) is 13.0 Å². The van der Waals surface area contributed by atoms with Crippen LogP contribution < -0.4 is 15.6 Å². The third-order valence-electron chi connectivity index (χ3n) is 3.63. The Morgan fingerprint density at radius 1 is 1.28 bits per heavy atom. The lowest BCUT2D eigenvalue weighted by molar-refractivity contribution is 0.418. The summed E-state index contributed by atoms with van der Waals surface area (Å²) in [6.07, 6.45) is 0.893. The van der Waals surface area contributed by atoms with Crippen molar-refractivity contribution in [2.24, 2.45) is 0 Å². The van der Waals surface area contributed by atoms with Gasteiger partial charge in [0.15, 0.2) is 0 Å². The number of aryl methyl sites for hydroxylation is 1. The molecule has 0 saturated heterocycles. The average Bonchev–Trinajstić information content (AvgIpc) is 2.39. The largest absolute Gasteiger partial charge is 0.495 e. The standard InChI is InChI=1S/C14H16N2O2/c1-8-3-4-11(18-2)13-12(8)9-5-6-15-7-10(9)14(17)16-13/h3-4,15H,5-7H2,1-2H3,(H,16,17). The molecule has 1 aliphatic rings. The van der Waals surface area contributed by atoms with Crippen molar-refractivity contribution in [3.8, 4) is 5.75 Å². The van der Waals surface area contributed by atoms with E-state index in [0.717, 1.165) is 35.2 Å². The number of ether oxygens (including phenoxy) is 1. The predicted molar refractivity (Wildman–Crippen MR) is 71.3 cm³/mol. The molecule has 94 valence electrons. The normalized spacial score (nSPS) is 14.6. The molecule has 4 heteroatoms. The van der Waals surface area contributed by atoms with E-state index in [0.29, 0.717) is 6.54 Å². The first-order chi connectivity index (χ1) is 8.72. The summed E-state index contributed by atoms with van der Waals surface area (Å²) in [6, 6.07) is 3.95. The van der Waals surface area contributed by atoms with Gasteiger partial charge in [0.25, 0.3) is 5.56 Å². The monoisotopic (exact) mass is 244 g/mol. The van der Waals surface area contributed by atoms with E-state index < -0.39 is 0 Å². The smallest absolute Gasteiger partial charge is 0.253 e. The predicted octanol–water partition coefficient (Wildman–Crippen LogP) is 1.49. The van der Waals surface area contributed by atoms with Crippen LogP contribution in [0.15, 0.2) is 16.9 Å². The van der Waals surface area contributed by atoms with Crippen LogP contribution in [0.25, 0.3) is 10.9 Å². The lowest BCUT2D eigenvalue weighted by Crippen LogP contribution is -2.30. The van der Waals surface area contributed by atoms with Gasteiger partial charge in [-0.25, -0.2) is 0 Å². The van der Waals surface area contributed by atoms with E-state index in [4.69, 9.17) is 4.74 Å². The van der Waals surface area contributed by atoms with Crippen LogP contribution >= 0.6 is 0 Å². The molecular weight excluding hydrogens is 228 g/mol. The molecule has 2 N–H and O–H groups in total. The Hall–Kier alpha value is -1.81. The Labute approximate surface area is 105 Å². The molecule has 3 rings (SSSR count). The number of hydrogen-bond donors (Lipinski definition) is 2. The maximum absolute atomic E-state index is 12.1. The minimum Gasteiger partial charge on any atom is -0.495 e. The summed E-state index contributed by atoms with van der Waals surface area (Å²) >= 11 is 0. The first kappa shape index (κ1) is 11.3. The van der Waals surface area contributed by atoms with Crippen LogP contribution in [0, 0.1) is 6.92 Å². The average molecular weight is 244 g/mol. The lowest BCUT2D eigenvalue weighted by Gasteiger charge is -2.20. The van der Waals surface area contributed by atoms with Gasteiger partial charge in [-0.1, -0.05) is 6.07 Å². The van der Waals surface area contributed by atoms with Crippen molar-refractivity contribution in [1.29, 1.82) is 0 Å². The number of fused-ring (bicyclic) bond motifs is 3. The minimum atomic E-state index is -0.00593. The van der Waals surface area contributed by atoms with Crippen LogP contribution in [-0.4, -0.2) is 18.6 Å². The Bertz CT molecular complexity index is 674. The van der Waals surface area contributed by atoms with E-state index >= 15 is 0 Å². The summed E-state index contributed by atoms with van der Waals surface area (Å²) in [5.74, 6) is 0.731. The Kier molecular flexibility index (Phi) is 2.59. The molecule has 0 bridgehead atoms. The Morgan fingerprint density at radius 2 is 2.11 bits per heavy atom. The molecule has 4 nitrogen and oxygen atoms in total. The zero-order chi connectivity index (χ0) is 12.7. The molecule has 1 aliphatic heterocycles. The summed E-state index contributed by atoms with van der Waals surface area (Å²) < 4.78 is 5.34. The van der Waals surface area contributed by atoms with Gasteiger partial charge in [-0.2, -0.15) is 0 Å². The van der Waals surface area contributed by atoms with Crippen molar-refractivity contribution in [2.45, 2.75) is 19.9 Å². The van der Waals surface area contributed by atoms with Crippen LogP contribution in [0.4, 0.5) is 0 Å². The van der Waals surface area contributed by atoms with E-state index in [9.17, 15) is 4.79 Å². The molecule has 0 unspecified atom stereocenters. The zero-order valence-electron chi connectivity index (χ0n) is 10.6. The summed E-state index contributed by atoms with van der Waals surface area (Å²) in [5, 5.41) is 4.39. The van der Waals surface area contributed by atoms with Crippen molar-refractivity contribution < 1.29 is 4.74 Å². The zero-order valence-corrected chi connectivity index (χ0v) is 10.6. The van der Waals surface area contributed by atoms with Gasteiger partial charge in [0.2, 0.25) is 0 Å². The number of benzene rings is 1. The fourth-order valence-electron chi connectivity index (χ4n) is 2.74. The summed E-state index contributed by atoms with van der Waals surface area (Å²) in [4.78, 5) is 15.1. The first-order valence-corrected chi connectivity index (χ1v) is 6.14. The number of H-pyrrole nitrogens is 1. The van der Waals surface area contributed by atoms with Crippen molar-refractivity contribution in [2.75, 3.05) is 13.7 Å². The fraction of sp³-hybridized carbons (Fsp3) is 0.357. The van der Waals surface area contributed by atoms with Crippen LogP contribution in [0.2, 0.25) is 0 Å². The molecule has 0 spiro atoms. The van der Waals surface area contributed by atoms with E-state index in [1.165, 1.54) is 11.1 Å². The molecule has 0 amide bonds. The van der Waals surface area contributed by atoms with E-state index in [-0.39, 0.29) is 5.56 Å². The summed E-state index contributed by atoms with van der Waals surface area (Å²) in [5.41, 5.74) is 4.03. The lowest BCUT2D eigenvalue weighted by atomic mass is 9.95. The quantitative estimate of drug-likeness (QED) is 0.799. The topological polar surface area (TPSA) is 54.1 Å². The molecule has 0 atom stereocenters. The fourth-order valence-corrected chi connectivity index (χ4v) is 2.74. The molecule has 0 fully saturated rings. The second kappa shape index (κ2) is 4.14. The molecule has 18 heavy (non-hydrogen) atoms. The molecular formula is C14H16N2O2. The number of hydrogen-bond acceptors (Lipinski definition) is 3. The maximum Gasteiger partial charge on any atom is 0.253 e. The maximum atomic E-state index is 12.1. The number of rotatable bonds is 1. The molecule has 0 aliphatic carbocycles. The summed E-state index contributed by atoms with van der Waals surface area (Å²) in [7, 11) is 1.63. The molecule has 0 radical (unpaired) electrons. The number of aromatic amines is 1. The van der Waals surface area contributed by atoms with Gasteiger partial charge in [0.1, 0.15) is 5.75 Å². The number of nitrogens with one attached hydrogen (secondary N) is 2. The number of aromatic nitrogens is 1. The van der Waals surface area contributed by atoms with Crippen LogP contribution in [0.5, 0.6) is 5.75 Å². The molecule has 2 aromatic rings. The van der Waals surface area contributed by atoms with Gasteiger partial charge >= 0.3 is 0 Å². The van der Waals surface area contributed by atoms with Crippen LogP contribution in [0.1, 0.15) is 16.7 Å². The van der Waals surface area contributed by atoms with Crippen LogP contribution in [0.3, 0.4) is 0 Å². The third-order valence-corrected chi connectivity index (χ3v) is 3.63. The third kappa shape index (κ3) is 1.53. The summed E-state index contributed by atoms with van der Waals surface area (Å²) in [6.45, 7) is 3.64. The van der Waals surface area contributed by atoms with Gasteiger partial charge in [-0.15, -0.1) is 0 Å². The highest BCUT2D eigenvalue weighted by molar-refractivity contribution is 5.91. The number of methoxy groups -OCH3 is 1. The highest BCUT2D eigenvalue weighted by Gasteiger charge is 2.18. The van der Waals surface area contributed by atoms with E-state index in [2.05, 4.69) is 17.2 Å². The van der Waals surface area contributed by atoms with E-state index in [1.807, 2.05) is 12.1 Å². The molecule has 1 aromatic heterocycles. The Balaban J connectivity index is 2.47. The van der Waals surface area contributed by atoms with E-state index in [1.54, 1.807) is 7.11 Å². The van der Waals surface area contributed by atoms with Gasteiger partial charge in [0, 0.05) is 17.5 Å². The highest BCUT2D eigenvalue weighted by atomic mass is 16.5. The van der Waals surface area contributed by atoms with Crippen molar-refractivity contribution in [1.82, 2.24) is 10.3 Å². The van der Waals surface area contributed by atoms with Gasteiger partial charge in [-0.3, -0.25) is 4.79 Å². The molecule has 0 saturated carbocycles. The van der Waals surface area contributed by atoms with Crippen molar-refractivity contribution >= 4 is 10.9 Å². The van der Waals surface area contributed by atoms with Gasteiger partial charge < -0.3 is 15.0 Å². The molecule has 2 heterocycles. The first-order valence-electron chi connectivity index (χ1n) is 6.14. The highest BCUT2D eigenvalue weighted by Crippen LogP contribution is 2.30. The van der Waals surface area contributed by atoms with Crippen molar-refractivity contribution in [3.05, 3.63) is 39.2 Å². The minimum absolute atomic E-state index is 0.00593. The molecule has 1 aromatic carbocycles. The number of pyridine rings is 1. The van der Waals surface area contributed by atoms with Gasteiger partial charge in [0.05, 0.1) is 12.6 Å². The second-order valence-electron chi connectivity index (χ2n) is 4.67.